The van der Waals surface area contributed by atoms with Crippen LogP contribution in [0.5, 0.6) is 5.75 Å². The van der Waals surface area contributed by atoms with E-state index < -0.39 is 11.1 Å². The van der Waals surface area contributed by atoms with E-state index in [1.54, 1.807) is 17.0 Å². The van der Waals surface area contributed by atoms with E-state index in [-0.39, 0.29) is 40.3 Å². The van der Waals surface area contributed by atoms with Crippen molar-refractivity contribution in [3.8, 4) is 5.75 Å². The van der Waals surface area contributed by atoms with E-state index in [0.717, 1.165) is 5.56 Å². The molecule has 0 saturated carbocycles. The van der Waals surface area contributed by atoms with Crippen LogP contribution in [0.1, 0.15) is 35.3 Å². The van der Waals surface area contributed by atoms with Crippen molar-refractivity contribution in [1.82, 2.24) is 14.3 Å². The number of amides is 1. The lowest BCUT2D eigenvalue weighted by Crippen LogP contribution is -2.40. The summed E-state index contributed by atoms with van der Waals surface area (Å²) in [6.07, 6.45) is 0.663. The van der Waals surface area contributed by atoms with Gasteiger partial charge in [-0.3, -0.25) is 14.4 Å². The van der Waals surface area contributed by atoms with Crippen LogP contribution < -0.4 is 21.8 Å². The zero-order valence-corrected chi connectivity index (χ0v) is 20.7. The van der Waals surface area contributed by atoms with Gasteiger partial charge in [-0.1, -0.05) is 43.3 Å². The molecule has 3 N–H and O–H groups in total. The fourth-order valence-electron chi connectivity index (χ4n) is 4.23. The summed E-state index contributed by atoms with van der Waals surface area (Å²) in [4.78, 5) is 41.2. The van der Waals surface area contributed by atoms with Gasteiger partial charge in [-0.15, -0.1) is 0 Å². The number of aromatic hydroxyl groups is 1. The predicted molar refractivity (Wildman–Crippen MR) is 138 cm³/mol. The van der Waals surface area contributed by atoms with Crippen LogP contribution in [0.3, 0.4) is 0 Å². The first-order valence-corrected chi connectivity index (χ1v) is 11.9. The number of hydrogen-bond acceptors (Lipinski definition) is 7. The van der Waals surface area contributed by atoms with E-state index in [1.165, 1.54) is 29.5 Å². The van der Waals surface area contributed by atoms with E-state index in [1.807, 2.05) is 37.3 Å². The number of carbonyl (C=O) groups is 1. The van der Waals surface area contributed by atoms with Crippen molar-refractivity contribution in [2.75, 3.05) is 36.9 Å². The molecule has 1 aliphatic rings. The summed E-state index contributed by atoms with van der Waals surface area (Å²) in [7, 11) is 3.01. The Morgan fingerprint density at radius 3 is 2.25 bits per heavy atom. The van der Waals surface area contributed by atoms with Crippen LogP contribution >= 0.6 is 0 Å². The maximum Gasteiger partial charge on any atom is 0.290 e. The lowest BCUT2D eigenvalue weighted by molar-refractivity contribution is 0.0301. The number of nitrogens with one attached hydrogen (secondary N) is 2. The summed E-state index contributed by atoms with van der Waals surface area (Å²) >= 11 is 0. The van der Waals surface area contributed by atoms with Gasteiger partial charge in [0.15, 0.2) is 5.75 Å². The molecule has 4 rings (SSSR count). The lowest BCUT2D eigenvalue weighted by atomic mass is 10.0. The molecule has 1 aliphatic heterocycles. The molecule has 1 atom stereocenters. The van der Waals surface area contributed by atoms with Crippen LogP contribution in [-0.4, -0.2) is 51.6 Å². The fourth-order valence-corrected chi connectivity index (χ4v) is 4.23. The molecule has 190 valence electrons. The van der Waals surface area contributed by atoms with Gasteiger partial charge in [-0.25, -0.2) is 9.36 Å². The Morgan fingerprint density at radius 1 is 0.972 bits per heavy atom. The second kappa shape index (κ2) is 10.7. The molecule has 1 saturated heterocycles. The second-order valence-electron chi connectivity index (χ2n) is 8.65. The lowest BCUT2D eigenvalue weighted by Gasteiger charge is -2.27. The number of anilines is 3. The maximum absolute atomic E-state index is 13.3. The molecule has 0 radical (unpaired) electrons. The first-order valence-electron chi connectivity index (χ1n) is 11.9. The molecule has 0 bridgehead atoms. The predicted octanol–water partition coefficient (Wildman–Crippen LogP) is 2.57. The van der Waals surface area contributed by atoms with Crippen LogP contribution in [0.25, 0.3) is 0 Å². The van der Waals surface area contributed by atoms with Crippen LogP contribution in [0, 0.1) is 0 Å². The number of ether oxygens (including phenoxy) is 1. The highest BCUT2D eigenvalue weighted by Crippen LogP contribution is 2.33. The first kappa shape index (κ1) is 25.1. The Balaban J connectivity index is 1.75. The number of para-hydroxylation sites is 1. The van der Waals surface area contributed by atoms with E-state index in [2.05, 4.69) is 10.6 Å². The first-order chi connectivity index (χ1) is 17.3. The molecular weight excluding hydrogens is 462 g/mol. The third-order valence-corrected chi connectivity index (χ3v) is 6.47. The third-order valence-electron chi connectivity index (χ3n) is 6.47. The molecule has 0 aliphatic carbocycles. The van der Waals surface area contributed by atoms with Crippen molar-refractivity contribution in [2.24, 2.45) is 14.1 Å². The Bertz CT molecular complexity index is 1360. The van der Waals surface area contributed by atoms with E-state index >= 15 is 0 Å². The number of aromatic nitrogens is 2. The summed E-state index contributed by atoms with van der Waals surface area (Å²) in [5.74, 6) is -0.623. The zero-order valence-electron chi connectivity index (χ0n) is 20.7. The van der Waals surface area contributed by atoms with Gasteiger partial charge in [0, 0.05) is 27.2 Å². The minimum Gasteiger partial charge on any atom is -0.505 e. The average Bonchev–Trinajstić information content (AvgIpc) is 2.92. The number of carbonyl (C=O) groups excluding carboxylic acids is 1. The third kappa shape index (κ3) is 4.85. The highest BCUT2D eigenvalue weighted by atomic mass is 16.5. The maximum atomic E-state index is 13.3. The van der Waals surface area contributed by atoms with Crippen molar-refractivity contribution in [3.05, 3.63) is 80.4 Å². The van der Waals surface area contributed by atoms with Gasteiger partial charge in [0.05, 0.1) is 30.5 Å². The molecule has 2 aromatic carbocycles. The van der Waals surface area contributed by atoms with Crippen LogP contribution in [0.2, 0.25) is 0 Å². The molecule has 1 fully saturated rings. The number of phenols is 1. The zero-order chi connectivity index (χ0) is 25.8. The van der Waals surface area contributed by atoms with E-state index in [4.69, 9.17) is 4.74 Å². The van der Waals surface area contributed by atoms with Gasteiger partial charge in [0.1, 0.15) is 11.4 Å². The Labute approximate surface area is 208 Å². The van der Waals surface area contributed by atoms with Gasteiger partial charge in [-0.05, 0) is 24.1 Å². The smallest absolute Gasteiger partial charge is 0.290 e. The van der Waals surface area contributed by atoms with E-state index in [9.17, 15) is 19.5 Å². The second-order valence-corrected chi connectivity index (χ2v) is 8.65. The minimum absolute atomic E-state index is 0.0127. The molecule has 10 nitrogen and oxygen atoms in total. The normalized spacial score (nSPS) is 14.4. The van der Waals surface area contributed by atoms with Gasteiger partial charge in [0.2, 0.25) is 0 Å². The van der Waals surface area contributed by atoms with Crippen molar-refractivity contribution in [2.45, 2.75) is 19.4 Å². The Kier molecular flexibility index (Phi) is 7.44. The van der Waals surface area contributed by atoms with Crippen LogP contribution in [0.4, 0.5) is 17.1 Å². The van der Waals surface area contributed by atoms with Crippen molar-refractivity contribution in [1.29, 1.82) is 0 Å². The number of nitrogens with zero attached hydrogens (tertiary/aromatic N) is 3. The summed E-state index contributed by atoms with van der Waals surface area (Å²) in [6, 6.07) is 14.1. The molecule has 3 aromatic rings. The van der Waals surface area contributed by atoms with Crippen LogP contribution in [-0.2, 0) is 18.8 Å². The van der Waals surface area contributed by atoms with Crippen molar-refractivity contribution in [3.63, 3.8) is 0 Å². The topological polar surface area (TPSA) is 118 Å². The van der Waals surface area contributed by atoms with E-state index in [0.29, 0.717) is 32.7 Å². The van der Waals surface area contributed by atoms with Crippen LogP contribution in [0.15, 0.2) is 58.1 Å². The molecule has 1 unspecified atom stereocenters. The molecule has 0 spiro atoms. The van der Waals surface area contributed by atoms with Gasteiger partial charge >= 0.3 is 0 Å². The number of benzene rings is 2. The molecule has 2 heterocycles. The number of hydrogen-bond donors (Lipinski definition) is 3. The minimum atomic E-state index is -0.466. The Morgan fingerprint density at radius 2 is 1.61 bits per heavy atom. The van der Waals surface area contributed by atoms with Gasteiger partial charge in [-0.2, -0.15) is 0 Å². The van der Waals surface area contributed by atoms with Gasteiger partial charge in [0.25, 0.3) is 17.0 Å². The Hall–Kier alpha value is -4.05. The highest BCUT2D eigenvalue weighted by Gasteiger charge is 2.25. The summed E-state index contributed by atoms with van der Waals surface area (Å²) in [5.41, 5.74) is 0.417. The van der Waals surface area contributed by atoms with Crippen molar-refractivity contribution < 1.29 is 14.6 Å². The number of rotatable bonds is 7. The number of morpholine rings is 1. The summed E-state index contributed by atoms with van der Waals surface area (Å²) in [5, 5.41) is 17.2. The number of phenolic OH excluding ortho intramolecular Hbond substituents is 1. The monoisotopic (exact) mass is 493 g/mol. The summed E-state index contributed by atoms with van der Waals surface area (Å²) < 4.78 is 7.73. The highest BCUT2D eigenvalue weighted by molar-refractivity contribution is 5.99. The van der Waals surface area contributed by atoms with Gasteiger partial charge < -0.3 is 25.4 Å². The van der Waals surface area contributed by atoms with Crippen molar-refractivity contribution >= 4 is 23.0 Å². The molecule has 1 aromatic heterocycles. The average molecular weight is 494 g/mol. The quantitative estimate of drug-likeness (QED) is 0.433. The summed E-state index contributed by atoms with van der Waals surface area (Å²) in [6.45, 7) is 3.70. The molecule has 36 heavy (non-hydrogen) atoms. The SMILES string of the molecule is CCC(Nc1c(Nc2cccc(C(=O)N3CCOCC3)c2O)c(=O)n(C)n(C)c1=O)c1ccccc1. The molecule has 1 amide bonds. The molecular formula is C26H31N5O5. The fraction of sp³-hybridized carbons (Fsp3) is 0.346. The standard InChI is InChI=1S/C26H31N5O5/c1-4-19(17-9-6-5-7-10-17)27-21-22(26(35)30(3)29(2)25(21)34)28-20-12-8-11-18(23(20)32)24(33)31-13-15-36-16-14-31/h5-12,19,27-28,32H,4,13-16H2,1-3H3. The largest absolute Gasteiger partial charge is 0.505 e. The molecule has 10 heteroatoms.